The summed E-state index contributed by atoms with van der Waals surface area (Å²) in [6.45, 7) is 0. The summed E-state index contributed by atoms with van der Waals surface area (Å²) in [6.07, 6.45) is 3.52. The fourth-order valence-corrected chi connectivity index (χ4v) is 4.10. The molecule has 6 heteroatoms. The second-order valence-electron chi connectivity index (χ2n) is 4.48. The van der Waals surface area contributed by atoms with E-state index in [1.54, 1.807) is 24.3 Å². The third-order valence-corrected chi connectivity index (χ3v) is 5.44. The quantitative estimate of drug-likeness (QED) is 0.637. The van der Waals surface area contributed by atoms with Gasteiger partial charge in [-0.05, 0) is 37.1 Å². The number of hydrogen-bond donors (Lipinski definition) is 2. The van der Waals surface area contributed by atoms with E-state index in [4.69, 9.17) is 11.5 Å². The second-order valence-corrected chi connectivity index (χ2v) is 6.71. The van der Waals surface area contributed by atoms with Crippen LogP contribution in [0.15, 0.2) is 34.2 Å². The van der Waals surface area contributed by atoms with E-state index >= 15 is 0 Å². The first kappa shape index (κ1) is 12.9. The van der Waals surface area contributed by atoms with Crippen LogP contribution in [0, 0.1) is 0 Å². The maximum atomic E-state index is 12.3. The summed E-state index contributed by atoms with van der Waals surface area (Å²) in [7, 11) is -3.19. The Bertz CT molecular complexity index is 539. The first-order valence-electron chi connectivity index (χ1n) is 5.94. The average molecular weight is 267 g/mol. The van der Waals surface area contributed by atoms with Gasteiger partial charge in [0.05, 0.1) is 15.8 Å². The Labute approximate surface area is 107 Å². The molecule has 0 aromatic heterocycles. The van der Waals surface area contributed by atoms with Crippen molar-refractivity contribution in [3.05, 3.63) is 24.3 Å². The number of aliphatic imine (C=N–C) groups is 1. The van der Waals surface area contributed by atoms with Crippen molar-refractivity contribution in [1.82, 2.24) is 0 Å². The van der Waals surface area contributed by atoms with Gasteiger partial charge in [-0.1, -0.05) is 12.8 Å². The molecule has 0 unspecified atom stereocenters. The van der Waals surface area contributed by atoms with Crippen molar-refractivity contribution in [1.29, 1.82) is 0 Å². The number of nitrogens with two attached hydrogens (primary N) is 2. The first-order chi connectivity index (χ1) is 8.50. The molecule has 2 rings (SSSR count). The zero-order valence-electron chi connectivity index (χ0n) is 10.0. The Morgan fingerprint density at radius 2 is 1.67 bits per heavy atom. The van der Waals surface area contributed by atoms with Crippen LogP contribution >= 0.6 is 0 Å². The molecule has 0 heterocycles. The molecule has 0 saturated heterocycles. The van der Waals surface area contributed by atoms with Gasteiger partial charge in [0, 0.05) is 0 Å². The zero-order chi connectivity index (χ0) is 13.2. The van der Waals surface area contributed by atoms with E-state index in [2.05, 4.69) is 4.99 Å². The van der Waals surface area contributed by atoms with Gasteiger partial charge in [-0.15, -0.1) is 0 Å². The highest BCUT2D eigenvalue weighted by atomic mass is 32.2. The van der Waals surface area contributed by atoms with Gasteiger partial charge in [-0.25, -0.2) is 13.4 Å². The Hall–Kier alpha value is -1.56. The van der Waals surface area contributed by atoms with Gasteiger partial charge >= 0.3 is 0 Å². The van der Waals surface area contributed by atoms with Crippen molar-refractivity contribution in [3.8, 4) is 0 Å². The molecule has 0 atom stereocenters. The molecule has 1 aliphatic rings. The van der Waals surface area contributed by atoms with Crippen molar-refractivity contribution in [2.45, 2.75) is 35.8 Å². The Morgan fingerprint density at radius 3 is 2.17 bits per heavy atom. The third kappa shape index (κ3) is 2.64. The van der Waals surface area contributed by atoms with Gasteiger partial charge in [0.1, 0.15) is 0 Å². The number of nitrogens with zero attached hydrogens (tertiary/aromatic N) is 1. The lowest BCUT2D eigenvalue weighted by Crippen LogP contribution is -2.21. The summed E-state index contributed by atoms with van der Waals surface area (Å²) in [6, 6.07) is 6.36. The van der Waals surface area contributed by atoms with Crippen LogP contribution in [0.2, 0.25) is 0 Å². The molecule has 1 aromatic rings. The molecule has 4 N–H and O–H groups in total. The van der Waals surface area contributed by atoms with E-state index in [9.17, 15) is 8.42 Å². The fraction of sp³-hybridized carbons (Fsp3) is 0.417. The minimum atomic E-state index is -3.19. The predicted molar refractivity (Wildman–Crippen MR) is 71.4 cm³/mol. The Balaban J connectivity index is 2.26. The fourth-order valence-electron chi connectivity index (χ4n) is 2.25. The molecular formula is C12H17N3O2S. The van der Waals surface area contributed by atoms with Gasteiger partial charge in [-0.2, -0.15) is 0 Å². The van der Waals surface area contributed by atoms with Crippen LogP contribution in [0.3, 0.4) is 0 Å². The van der Waals surface area contributed by atoms with Crippen molar-refractivity contribution >= 4 is 21.5 Å². The summed E-state index contributed by atoms with van der Waals surface area (Å²) >= 11 is 0. The lowest BCUT2D eigenvalue weighted by Gasteiger charge is -2.10. The van der Waals surface area contributed by atoms with E-state index in [1.165, 1.54) is 0 Å². The predicted octanol–water partition coefficient (Wildman–Crippen LogP) is 1.31. The first-order valence-corrected chi connectivity index (χ1v) is 7.48. The summed E-state index contributed by atoms with van der Waals surface area (Å²) in [4.78, 5) is 4.21. The monoisotopic (exact) mass is 267 g/mol. The maximum absolute atomic E-state index is 12.3. The zero-order valence-corrected chi connectivity index (χ0v) is 10.9. The van der Waals surface area contributed by atoms with E-state index in [0.717, 1.165) is 25.7 Å². The topological polar surface area (TPSA) is 98.5 Å². The van der Waals surface area contributed by atoms with Gasteiger partial charge in [0.25, 0.3) is 0 Å². The molecule has 5 nitrogen and oxygen atoms in total. The average Bonchev–Trinajstić information content (AvgIpc) is 2.83. The molecule has 1 aromatic carbocycles. The van der Waals surface area contributed by atoms with E-state index < -0.39 is 9.84 Å². The summed E-state index contributed by atoms with van der Waals surface area (Å²) in [5.41, 5.74) is 11.1. The summed E-state index contributed by atoms with van der Waals surface area (Å²) in [5, 5.41) is -0.230. The molecule has 0 bridgehead atoms. The molecular weight excluding hydrogens is 250 g/mol. The lowest BCUT2D eigenvalue weighted by molar-refractivity contribution is 0.579. The van der Waals surface area contributed by atoms with Gasteiger partial charge in [0.2, 0.25) is 0 Å². The van der Waals surface area contributed by atoms with Crippen molar-refractivity contribution in [2.24, 2.45) is 16.5 Å². The van der Waals surface area contributed by atoms with Crippen LogP contribution in [0.25, 0.3) is 0 Å². The molecule has 98 valence electrons. The van der Waals surface area contributed by atoms with Gasteiger partial charge in [-0.3, -0.25) is 0 Å². The van der Waals surface area contributed by atoms with Crippen LogP contribution in [0.1, 0.15) is 25.7 Å². The number of guanidine groups is 1. The maximum Gasteiger partial charge on any atom is 0.191 e. The van der Waals surface area contributed by atoms with Crippen molar-refractivity contribution in [2.75, 3.05) is 0 Å². The largest absolute Gasteiger partial charge is 0.370 e. The van der Waals surface area contributed by atoms with Crippen LogP contribution in [0.4, 0.5) is 5.69 Å². The number of benzene rings is 1. The summed E-state index contributed by atoms with van der Waals surface area (Å²) < 4.78 is 24.6. The number of rotatable bonds is 3. The number of sulfone groups is 1. The van der Waals surface area contributed by atoms with E-state index in [-0.39, 0.29) is 11.2 Å². The van der Waals surface area contributed by atoms with Crippen LogP contribution in [-0.4, -0.2) is 19.6 Å². The molecule has 1 aliphatic carbocycles. The third-order valence-electron chi connectivity index (χ3n) is 3.16. The minimum absolute atomic E-state index is 0.0404. The van der Waals surface area contributed by atoms with E-state index in [0.29, 0.717) is 10.6 Å². The summed E-state index contributed by atoms with van der Waals surface area (Å²) in [5.74, 6) is -0.0404. The minimum Gasteiger partial charge on any atom is -0.370 e. The molecule has 0 spiro atoms. The highest BCUT2D eigenvalue weighted by molar-refractivity contribution is 7.92. The number of hydrogen-bond acceptors (Lipinski definition) is 3. The van der Waals surface area contributed by atoms with Gasteiger partial charge in [0.15, 0.2) is 15.8 Å². The Morgan fingerprint density at radius 1 is 1.11 bits per heavy atom. The smallest absolute Gasteiger partial charge is 0.191 e. The lowest BCUT2D eigenvalue weighted by atomic mass is 10.3. The molecule has 0 amide bonds. The molecule has 0 radical (unpaired) electrons. The van der Waals surface area contributed by atoms with Crippen molar-refractivity contribution in [3.63, 3.8) is 0 Å². The second kappa shape index (κ2) is 4.97. The van der Waals surface area contributed by atoms with Crippen LogP contribution < -0.4 is 11.5 Å². The van der Waals surface area contributed by atoms with Crippen LogP contribution in [-0.2, 0) is 9.84 Å². The molecule has 18 heavy (non-hydrogen) atoms. The van der Waals surface area contributed by atoms with E-state index in [1.807, 2.05) is 0 Å². The van der Waals surface area contributed by atoms with Crippen molar-refractivity contribution < 1.29 is 8.42 Å². The molecule has 1 fully saturated rings. The highest BCUT2D eigenvalue weighted by Crippen LogP contribution is 2.30. The SMILES string of the molecule is NC(N)=Nc1ccc(S(=O)(=O)C2CCCC2)cc1. The standard InChI is InChI=1S/C12H17N3O2S/c13-12(14)15-9-5-7-11(8-6-9)18(16,17)10-3-1-2-4-10/h5-8,10H,1-4H2,(H4,13,14,15). The Kier molecular flexibility index (Phi) is 3.56. The highest BCUT2D eigenvalue weighted by Gasteiger charge is 2.29. The molecule has 1 saturated carbocycles. The van der Waals surface area contributed by atoms with Crippen LogP contribution in [0.5, 0.6) is 0 Å². The molecule has 0 aliphatic heterocycles. The normalized spacial score (nSPS) is 16.7. The van der Waals surface area contributed by atoms with Gasteiger partial charge < -0.3 is 11.5 Å².